The first-order valence-corrected chi connectivity index (χ1v) is 15.5. The van der Waals surface area contributed by atoms with Gasteiger partial charge in [-0.1, -0.05) is 70.8 Å². The molecule has 3 rings (SSSR count). The van der Waals surface area contributed by atoms with E-state index in [4.69, 9.17) is 4.74 Å². The Morgan fingerprint density at radius 2 is 1.66 bits per heavy atom. The summed E-state index contributed by atoms with van der Waals surface area (Å²) in [5, 5.41) is 3.21. The minimum Gasteiger partial charge on any atom is -0.494 e. The molecule has 3 aromatic rings. The number of hydrogen-bond donors (Lipinski definition) is 4. The highest BCUT2D eigenvalue weighted by Gasteiger charge is 2.14. The number of nitrogens with one attached hydrogen (secondary N) is 3. The molecule has 0 radical (unpaired) electrons. The Morgan fingerprint density at radius 3 is 2.34 bits per heavy atom. The normalized spacial score (nSPS) is 11.6. The first-order chi connectivity index (χ1) is 18.5. The van der Waals surface area contributed by atoms with Crippen molar-refractivity contribution in [2.45, 2.75) is 86.1 Å². The van der Waals surface area contributed by atoms with E-state index in [1.165, 1.54) is 57.8 Å². The standard InChI is InChI=1S/C27H37N5O3S3/c1-2-3-4-5-6-7-8-9-10-11-19-35-22-17-15-21(16-18-22)28-25(33)30-31-26-29-27(32-37-26)38(34)24-14-12-13-23(36)20-24/h12-18,20,36H,2-11,19H2,1H3,(H2,28,30,33)(H,29,31,32). The third-order valence-corrected chi connectivity index (χ3v) is 7.99. The third-order valence-electron chi connectivity index (χ3n) is 5.77. The smallest absolute Gasteiger partial charge is 0.337 e. The fraction of sp³-hybridized carbons (Fsp3) is 0.444. The molecule has 1 aromatic heterocycles. The monoisotopic (exact) mass is 575 g/mol. The van der Waals surface area contributed by atoms with Crippen molar-refractivity contribution in [1.82, 2.24) is 14.8 Å². The van der Waals surface area contributed by atoms with Crippen LogP contribution in [0.5, 0.6) is 5.75 Å². The number of hydrazine groups is 1. The number of unbranched alkanes of at least 4 members (excludes halogenated alkanes) is 9. The zero-order valence-corrected chi connectivity index (χ0v) is 24.3. The molecule has 0 aliphatic rings. The van der Waals surface area contributed by atoms with Crippen LogP contribution in [0.25, 0.3) is 0 Å². The van der Waals surface area contributed by atoms with Crippen molar-refractivity contribution in [3.8, 4) is 5.75 Å². The van der Waals surface area contributed by atoms with Crippen LogP contribution >= 0.6 is 24.2 Å². The second kappa shape index (κ2) is 17.1. The lowest BCUT2D eigenvalue weighted by atomic mass is 10.1. The molecule has 0 bridgehead atoms. The molecule has 1 atom stereocenters. The summed E-state index contributed by atoms with van der Waals surface area (Å²) in [5.74, 6) is 0.780. The van der Waals surface area contributed by atoms with Crippen LogP contribution in [0.1, 0.15) is 71.1 Å². The van der Waals surface area contributed by atoms with E-state index in [9.17, 15) is 9.00 Å². The minimum atomic E-state index is -1.53. The van der Waals surface area contributed by atoms with E-state index in [1.807, 2.05) is 12.1 Å². The fourth-order valence-electron chi connectivity index (χ4n) is 3.73. The second-order valence-electron chi connectivity index (χ2n) is 8.91. The summed E-state index contributed by atoms with van der Waals surface area (Å²) < 4.78 is 22.5. The van der Waals surface area contributed by atoms with Crippen LogP contribution in [0.3, 0.4) is 0 Å². The molecule has 1 unspecified atom stereocenters. The molecule has 8 nitrogen and oxygen atoms in total. The Labute approximate surface area is 237 Å². The number of aromatic nitrogens is 2. The summed E-state index contributed by atoms with van der Waals surface area (Å²) >= 11 is 5.26. The highest BCUT2D eigenvalue weighted by atomic mass is 32.2. The number of carbonyl (C=O) groups is 1. The van der Waals surface area contributed by atoms with E-state index >= 15 is 0 Å². The molecule has 0 aliphatic carbocycles. The molecule has 2 amide bonds. The highest BCUT2D eigenvalue weighted by Crippen LogP contribution is 2.20. The molecule has 2 aromatic carbocycles. The van der Waals surface area contributed by atoms with Crippen molar-refractivity contribution < 1.29 is 13.7 Å². The largest absolute Gasteiger partial charge is 0.494 e. The summed E-state index contributed by atoms with van der Waals surface area (Å²) in [6, 6.07) is 13.8. The molecule has 0 aliphatic heterocycles. The number of benzene rings is 2. The topological polar surface area (TPSA) is 105 Å². The first-order valence-electron chi connectivity index (χ1n) is 13.2. The zero-order chi connectivity index (χ0) is 27.0. The molecule has 0 fully saturated rings. The number of rotatable bonds is 17. The average Bonchev–Trinajstić information content (AvgIpc) is 3.40. The molecular formula is C27H37N5O3S3. The maximum atomic E-state index is 12.6. The van der Waals surface area contributed by atoms with Gasteiger partial charge in [0.2, 0.25) is 10.3 Å². The van der Waals surface area contributed by atoms with Gasteiger partial charge in [0.25, 0.3) is 0 Å². The average molecular weight is 576 g/mol. The van der Waals surface area contributed by atoms with Crippen LogP contribution in [0.2, 0.25) is 0 Å². The van der Waals surface area contributed by atoms with Crippen LogP contribution < -0.4 is 20.9 Å². The number of anilines is 2. The summed E-state index contributed by atoms with van der Waals surface area (Å²) in [4.78, 5) is 17.7. The molecule has 1 heterocycles. The maximum Gasteiger partial charge on any atom is 0.337 e. The van der Waals surface area contributed by atoms with Gasteiger partial charge in [-0.25, -0.2) is 14.4 Å². The van der Waals surface area contributed by atoms with Gasteiger partial charge in [0.05, 0.1) is 6.61 Å². The Hall–Kier alpha value is -2.63. The zero-order valence-electron chi connectivity index (χ0n) is 21.8. The predicted octanol–water partition coefficient (Wildman–Crippen LogP) is 7.44. The lowest BCUT2D eigenvalue weighted by Gasteiger charge is -2.09. The van der Waals surface area contributed by atoms with Gasteiger partial charge in [-0.05, 0) is 48.9 Å². The molecule has 11 heteroatoms. The highest BCUT2D eigenvalue weighted by molar-refractivity contribution is 7.85. The van der Waals surface area contributed by atoms with Gasteiger partial charge >= 0.3 is 6.03 Å². The summed E-state index contributed by atoms with van der Waals surface area (Å²) in [6.07, 6.45) is 12.9. The van der Waals surface area contributed by atoms with Gasteiger partial charge < -0.3 is 10.1 Å². The Morgan fingerprint density at radius 1 is 0.974 bits per heavy atom. The number of carbonyl (C=O) groups excluding carboxylic acids is 1. The molecule has 0 saturated carbocycles. The van der Waals surface area contributed by atoms with Gasteiger partial charge in [0.15, 0.2) is 0 Å². The van der Waals surface area contributed by atoms with E-state index in [0.29, 0.717) is 27.2 Å². The van der Waals surface area contributed by atoms with Gasteiger partial charge in [-0.15, -0.1) is 12.6 Å². The van der Waals surface area contributed by atoms with Crippen LogP contribution in [0.15, 0.2) is 63.5 Å². The van der Waals surface area contributed by atoms with Crippen molar-refractivity contribution in [3.05, 3.63) is 48.5 Å². The van der Waals surface area contributed by atoms with E-state index in [2.05, 4.69) is 45.1 Å². The van der Waals surface area contributed by atoms with Crippen LogP contribution in [0, 0.1) is 0 Å². The first kappa shape index (κ1) is 29.9. The molecular weight excluding hydrogens is 539 g/mol. The van der Waals surface area contributed by atoms with Gasteiger partial charge in [0, 0.05) is 27.0 Å². The lowest BCUT2D eigenvalue weighted by Crippen LogP contribution is -2.33. The van der Waals surface area contributed by atoms with Crippen molar-refractivity contribution in [3.63, 3.8) is 0 Å². The summed E-state index contributed by atoms with van der Waals surface area (Å²) in [6.45, 7) is 2.95. The number of thiol groups is 1. The van der Waals surface area contributed by atoms with Crippen molar-refractivity contribution in [1.29, 1.82) is 0 Å². The Balaban J connectivity index is 1.29. The van der Waals surface area contributed by atoms with E-state index in [1.54, 1.807) is 36.4 Å². The van der Waals surface area contributed by atoms with Crippen molar-refractivity contribution >= 4 is 51.8 Å². The maximum absolute atomic E-state index is 12.6. The number of amides is 2. The third kappa shape index (κ3) is 11.0. The number of nitrogens with zero attached hydrogens (tertiary/aromatic N) is 2. The van der Waals surface area contributed by atoms with Gasteiger partial charge in [0.1, 0.15) is 16.5 Å². The van der Waals surface area contributed by atoms with Crippen LogP contribution in [0.4, 0.5) is 15.6 Å². The molecule has 0 spiro atoms. The van der Waals surface area contributed by atoms with Crippen molar-refractivity contribution in [2.24, 2.45) is 0 Å². The molecule has 206 valence electrons. The fourth-order valence-corrected chi connectivity index (χ4v) is 5.73. The van der Waals surface area contributed by atoms with Gasteiger partial charge in [-0.3, -0.25) is 5.43 Å². The number of ether oxygens (including phenoxy) is 1. The molecule has 38 heavy (non-hydrogen) atoms. The van der Waals surface area contributed by atoms with Crippen molar-refractivity contribution in [2.75, 3.05) is 17.3 Å². The quantitative estimate of drug-likeness (QED) is 0.0757. The second-order valence-corrected chi connectivity index (χ2v) is 11.5. The number of urea groups is 1. The van der Waals surface area contributed by atoms with Crippen LogP contribution in [-0.2, 0) is 10.8 Å². The summed E-state index contributed by atoms with van der Waals surface area (Å²) in [5.41, 5.74) is 5.82. The number of hydrogen-bond acceptors (Lipinski definition) is 8. The molecule has 0 saturated heterocycles. The Kier molecular flexibility index (Phi) is 13.4. The minimum absolute atomic E-state index is 0.159. The van der Waals surface area contributed by atoms with E-state index in [-0.39, 0.29) is 5.16 Å². The predicted molar refractivity (Wildman–Crippen MR) is 158 cm³/mol. The van der Waals surface area contributed by atoms with Crippen LogP contribution in [-0.4, -0.2) is 26.2 Å². The Bertz CT molecular complexity index is 1140. The van der Waals surface area contributed by atoms with E-state index < -0.39 is 16.8 Å². The molecule has 3 N–H and O–H groups in total. The lowest BCUT2D eigenvalue weighted by molar-refractivity contribution is 0.254. The van der Waals surface area contributed by atoms with E-state index in [0.717, 1.165) is 23.7 Å². The summed E-state index contributed by atoms with van der Waals surface area (Å²) in [7, 11) is -1.53. The SMILES string of the molecule is CCCCCCCCCCCCOc1ccc(NC(=O)NNc2nc(S(=O)c3cccc(S)c3)ns2)cc1. The van der Waals surface area contributed by atoms with Gasteiger partial charge in [-0.2, -0.15) is 9.36 Å².